The molecular formula is C25H27ClF4N6O. The van der Waals surface area contributed by atoms with Crippen molar-refractivity contribution in [3.05, 3.63) is 58.5 Å². The van der Waals surface area contributed by atoms with E-state index in [4.69, 9.17) is 16.3 Å². The lowest BCUT2D eigenvalue weighted by Gasteiger charge is -2.38. The molecule has 0 unspecified atom stereocenters. The van der Waals surface area contributed by atoms with Crippen LogP contribution in [0.2, 0.25) is 5.02 Å². The Kier molecular flexibility index (Phi) is 6.56. The van der Waals surface area contributed by atoms with Gasteiger partial charge in [0.05, 0.1) is 25.5 Å². The van der Waals surface area contributed by atoms with Gasteiger partial charge in [-0.1, -0.05) is 11.6 Å². The molecule has 12 heteroatoms. The topological polar surface area (TPSA) is 59.3 Å². The minimum Gasteiger partial charge on any atom is -0.493 e. The number of pyridine rings is 1. The van der Waals surface area contributed by atoms with Gasteiger partial charge >= 0.3 is 6.18 Å². The number of anilines is 1. The summed E-state index contributed by atoms with van der Waals surface area (Å²) in [5.41, 5.74) is -0.660. The molecule has 1 fully saturated rings. The highest BCUT2D eigenvalue weighted by atomic mass is 35.5. The number of piperidine rings is 1. The summed E-state index contributed by atoms with van der Waals surface area (Å²) in [6.07, 6.45) is -1.85. The van der Waals surface area contributed by atoms with E-state index in [0.29, 0.717) is 59.7 Å². The van der Waals surface area contributed by atoms with Crippen molar-refractivity contribution in [1.82, 2.24) is 24.6 Å². The minimum atomic E-state index is -4.44. The van der Waals surface area contributed by atoms with E-state index >= 15 is 0 Å². The Balaban J connectivity index is 1.47. The van der Waals surface area contributed by atoms with Gasteiger partial charge in [-0.25, -0.2) is 9.37 Å². The van der Waals surface area contributed by atoms with Gasteiger partial charge < -0.3 is 9.64 Å². The third-order valence-electron chi connectivity index (χ3n) is 7.39. The number of halogens is 5. The minimum absolute atomic E-state index is 0.0125. The number of aromatic nitrogens is 4. The van der Waals surface area contributed by atoms with Gasteiger partial charge in [-0.2, -0.15) is 13.2 Å². The molecule has 1 aromatic carbocycles. The van der Waals surface area contributed by atoms with Crippen LogP contribution in [0.3, 0.4) is 0 Å². The van der Waals surface area contributed by atoms with Crippen LogP contribution < -0.4 is 9.64 Å². The highest BCUT2D eigenvalue weighted by Crippen LogP contribution is 2.41. The normalized spacial score (nSPS) is 17.4. The van der Waals surface area contributed by atoms with Crippen LogP contribution in [-0.2, 0) is 13.1 Å². The molecule has 0 spiro atoms. The first-order chi connectivity index (χ1) is 17.5. The van der Waals surface area contributed by atoms with Crippen molar-refractivity contribution >= 4 is 17.4 Å². The van der Waals surface area contributed by atoms with Crippen molar-refractivity contribution in [3.63, 3.8) is 0 Å². The summed E-state index contributed by atoms with van der Waals surface area (Å²) in [4.78, 5) is 7.62. The van der Waals surface area contributed by atoms with E-state index < -0.39 is 17.5 Å². The largest absolute Gasteiger partial charge is 0.493 e. The van der Waals surface area contributed by atoms with E-state index in [0.717, 1.165) is 5.69 Å². The number of rotatable bonds is 4. The predicted molar refractivity (Wildman–Crippen MR) is 131 cm³/mol. The third-order valence-corrected chi connectivity index (χ3v) is 7.63. The predicted octanol–water partition coefficient (Wildman–Crippen LogP) is 5.50. The molecule has 1 saturated heterocycles. The Labute approximate surface area is 217 Å². The van der Waals surface area contributed by atoms with Gasteiger partial charge in [0, 0.05) is 36.6 Å². The smallest absolute Gasteiger partial charge is 0.406 e. The first-order valence-electron chi connectivity index (χ1n) is 12.0. The van der Waals surface area contributed by atoms with Crippen molar-refractivity contribution in [1.29, 1.82) is 0 Å². The number of ether oxygens (including phenoxy) is 1. The third kappa shape index (κ3) is 4.63. The number of fused-ring (bicyclic) bond motifs is 3. The fourth-order valence-corrected chi connectivity index (χ4v) is 5.21. The van der Waals surface area contributed by atoms with Gasteiger partial charge in [0.15, 0.2) is 17.4 Å². The molecule has 3 aromatic rings. The molecule has 0 bridgehead atoms. The highest BCUT2D eigenvalue weighted by molar-refractivity contribution is 6.30. The summed E-state index contributed by atoms with van der Waals surface area (Å²) >= 11 is 6.25. The molecule has 37 heavy (non-hydrogen) atoms. The van der Waals surface area contributed by atoms with Crippen molar-refractivity contribution in [2.75, 3.05) is 25.1 Å². The number of alkyl halides is 3. The van der Waals surface area contributed by atoms with Crippen LogP contribution in [0, 0.1) is 5.82 Å². The quantitative estimate of drug-likeness (QED) is 0.409. The maximum absolute atomic E-state index is 14.0. The molecule has 0 amide bonds. The molecule has 0 atom stereocenters. The number of nitrogens with zero attached hydrogens (tertiary/aromatic N) is 6. The maximum atomic E-state index is 14.0. The van der Waals surface area contributed by atoms with Crippen LogP contribution in [0.15, 0.2) is 30.5 Å². The molecule has 4 heterocycles. The summed E-state index contributed by atoms with van der Waals surface area (Å²) in [7, 11) is 1.48. The molecule has 2 aliphatic rings. The number of benzene rings is 1. The van der Waals surface area contributed by atoms with Crippen molar-refractivity contribution in [3.8, 4) is 11.4 Å². The standard InChI is InChI=1S/C25H27ClF4N6O/c1-24(2,25(28,29)30)35-13-16-10-17(26)4-5-19(16)36-21(14-35)32-33-22(36)15-6-8-34(9-7-15)23-20(37-3)11-18(27)12-31-23/h4-5,10-12,15H,6-9,13-14H2,1-3H3. The Morgan fingerprint density at radius 3 is 2.46 bits per heavy atom. The van der Waals surface area contributed by atoms with Crippen LogP contribution in [0.5, 0.6) is 5.75 Å². The first-order valence-corrected chi connectivity index (χ1v) is 12.4. The average Bonchev–Trinajstić information content (AvgIpc) is 3.19. The van der Waals surface area contributed by atoms with Gasteiger partial charge in [0.2, 0.25) is 0 Å². The van der Waals surface area contributed by atoms with Crippen molar-refractivity contribution in [2.45, 2.75) is 57.4 Å². The fraction of sp³-hybridized carbons (Fsp3) is 0.480. The molecule has 2 aromatic heterocycles. The van der Waals surface area contributed by atoms with Crippen LogP contribution in [0.25, 0.3) is 5.69 Å². The SMILES string of the molecule is COc1cc(F)cnc1N1CCC(c2nnc3n2-c2ccc(Cl)cc2CN(C(C)(C)C(F)(F)F)C3)CC1. The molecule has 0 radical (unpaired) electrons. The van der Waals surface area contributed by atoms with E-state index in [-0.39, 0.29) is 19.0 Å². The zero-order chi connectivity index (χ0) is 26.5. The van der Waals surface area contributed by atoms with Gasteiger partial charge in [-0.15, -0.1) is 10.2 Å². The lowest BCUT2D eigenvalue weighted by molar-refractivity contribution is -0.224. The summed E-state index contributed by atoms with van der Waals surface area (Å²) in [5, 5.41) is 9.28. The second-order valence-electron chi connectivity index (χ2n) is 9.94. The fourth-order valence-electron chi connectivity index (χ4n) is 5.02. The van der Waals surface area contributed by atoms with Crippen molar-refractivity contribution in [2.24, 2.45) is 0 Å². The summed E-state index contributed by atoms with van der Waals surface area (Å²) < 4.78 is 62.8. The second-order valence-corrected chi connectivity index (χ2v) is 10.4. The highest BCUT2D eigenvalue weighted by Gasteiger charge is 2.52. The van der Waals surface area contributed by atoms with Crippen molar-refractivity contribution < 1.29 is 22.3 Å². The van der Waals surface area contributed by atoms with Crippen LogP contribution >= 0.6 is 11.6 Å². The zero-order valence-electron chi connectivity index (χ0n) is 20.7. The number of hydrogen-bond acceptors (Lipinski definition) is 6. The zero-order valence-corrected chi connectivity index (χ0v) is 21.4. The van der Waals surface area contributed by atoms with E-state index in [9.17, 15) is 17.6 Å². The van der Waals surface area contributed by atoms with E-state index in [1.165, 1.54) is 38.1 Å². The Bertz CT molecular complexity index is 1300. The first kappa shape index (κ1) is 25.7. The molecule has 0 aliphatic carbocycles. The number of methoxy groups -OCH3 is 1. The molecule has 0 saturated carbocycles. The molecule has 0 N–H and O–H groups in total. The molecule has 5 rings (SSSR count). The Hall–Kier alpha value is -2.92. The van der Waals surface area contributed by atoms with Gasteiger partial charge in [0.25, 0.3) is 0 Å². The lowest BCUT2D eigenvalue weighted by Crippen LogP contribution is -2.53. The molecule has 198 valence electrons. The van der Waals surface area contributed by atoms with E-state index in [1.54, 1.807) is 12.1 Å². The van der Waals surface area contributed by atoms with E-state index in [1.807, 2.05) is 15.5 Å². The summed E-state index contributed by atoms with van der Waals surface area (Å²) in [6.45, 7) is 3.67. The molecule has 2 aliphatic heterocycles. The Morgan fingerprint density at radius 2 is 1.78 bits per heavy atom. The summed E-state index contributed by atoms with van der Waals surface area (Å²) in [6, 6.07) is 6.57. The monoisotopic (exact) mass is 538 g/mol. The van der Waals surface area contributed by atoms with Gasteiger partial charge in [-0.05, 0) is 50.5 Å². The average molecular weight is 539 g/mol. The maximum Gasteiger partial charge on any atom is 0.406 e. The van der Waals surface area contributed by atoms with Gasteiger partial charge in [-0.3, -0.25) is 9.47 Å². The second kappa shape index (κ2) is 9.43. The molecule has 7 nitrogen and oxygen atoms in total. The summed E-state index contributed by atoms with van der Waals surface area (Å²) in [5.74, 6) is 1.67. The molecular weight excluding hydrogens is 512 g/mol. The number of hydrogen-bond donors (Lipinski definition) is 0. The van der Waals surface area contributed by atoms with Crippen LogP contribution in [-0.4, -0.2) is 56.6 Å². The van der Waals surface area contributed by atoms with Crippen LogP contribution in [0.4, 0.5) is 23.4 Å². The lowest BCUT2D eigenvalue weighted by atomic mass is 9.95. The van der Waals surface area contributed by atoms with Crippen LogP contribution in [0.1, 0.15) is 49.8 Å². The Morgan fingerprint density at radius 1 is 1.05 bits per heavy atom. The van der Waals surface area contributed by atoms with Gasteiger partial charge in [0.1, 0.15) is 17.2 Å². The van der Waals surface area contributed by atoms with E-state index in [2.05, 4.69) is 15.2 Å².